The monoisotopic (exact) mass is 340 g/mol. The Morgan fingerprint density at radius 2 is 1.87 bits per heavy atom. The highest BCUT2D eigenvalue weighted by atomic mass is 32.2. The lowest BCUT2D eigenvalue weighted by Gasteiger charge is -2.33. The summed E-state index contributed by atoms with van der Waals surface area (Å²) < 4.78 is 39.8. The van der Waals surface area contributed by atoms with E-state index < -0.39 is 10.0 Å². The molecule has 1 heterocycles. The van der Waals surface area contributed by atoms with Crippen LogP contribution < -0.4 is 5.32 Å². The van der Waals surface area contributed by atoms with Crippen LogP contribution >= 0.6 is 0 Å². The van der Waals surface area contributed by atoms with Gasteiger partial charge in [0.2, 0.25) is 10.0 Å². The van der Waals surface area contributed by atoms with Gasteiger partial charge >= 0.3 is 0 Å². The van der Waals surface area contributed by atoms with Crippen molar-refractivity contribution in [3.05, 3.63) is 35.6 Å². The van der Waals surface area contributed by atoms with Crippen LogP contribution in [-0.2, 0) is 16.4 Å². The molecule has 2 aliphatic rings. The molecule has 1 N–H and O–H groups in total. The maximum absolute atomic E-state index is 13.7. The number of nitrogens with one attached hydrogen (secondary N) is 1. The van der Waals surface area contributed by atoms with Crippen molar-refractivity contribution in [3.8, 4) is 0 Å². The van der Waals surface area contributed by atoms with Crippen LogP contribution in [0.25, 0.3) is 0 Å². The summed E-state index contributed by atoms with van der Waals surface area (Å²) >= 11 is 0. The molecule has 23 heavy (non-hydrogen) atoms. The fourth-order valence-electron chi connectivity index (χ4n) is 3.31. The van der Waals surface area contributed by atoms with Gasteiger partial charge in [-0.25, -0.2) is 17.1 Å². The molecule has 4 nitrogen and oxygen atoms in total. The summed E-state index contributed by atoms with van der Waals surface area (Å²) in [6.45, 7) is 3.26. The van der Waals surface area contributed by atoms with E-state index in [1.54, 1.807) is 10.4 Å². The molecular weight excluding hydrogens is 315 g/mol. The summed E-state index contributed by atoms with van der Waals surface area (Å²) in [6, 6.07) is 7.34. The maximum atomic E-state index is 13.7. The molecule has 1 aliphatic carbocycles. The van der Waals surface area contributed by atoms with Gasteiger partial charge in [0.15, 0.2) is 0 Å². The number of sulfonamides is 1. The molecule has 6 heteroatoms. The van der Waals surface area contributed by atoms with Crippen molar-refractivity contribution in [2.75, 3.05) is 13.1 Å². The van der Waals surface area contributed by atoms with Gasteiger partial charge in [-0.2, -0.15) is 0 Å². The SMILES string of the molecule is C[C@H](Cc1ccccc1F)NC1CCN(S(=O)(=O)C2CC2)CC1. The van der Waals surface area contributed by atoms with Gasteiger partial charge in [-0.3, -0.25) is 0 Å². The zero-order valence-electron chi connectivity index (χ0n) is 13.5. The van der Waals surface area contributed by atoms with Gasteiger partial charge in [-0.15, -0.1) is 0 Å². The van der Waals surface area contributed by atoms with E-state index in [2.05, 4.69) is 12.2 Å². The van der Waals surface area contributed by atoms with Gasteiger partial charge in [0.25, 0.3) is 0 Å². The highest BCUT2D eigenvalue weighted by Gasteiger charge is 2.41. The maximum Gasteiger partial charge on any atom is 0.216 e. The van der Waals surface area contributed by atoms with Gasteiger partial charge in [0.1, 0.15) is 5.82 Å². The molecule has 1 saturated carbocycles. The quantitative estimate of drug-likeness (QED) is 0.864. The second kappa shape index (κ2) is 6.87. The van der Waals surface area contributed by atoms with Crippen LogP contribution in [0.5, 0.6) is 0 Å². The van der Waals surface area contributed by atoms with Crippen LogP contribution in [0.15, 0.2) is 24.3 Å². The molecule has 0 aromatic heterocycles. The summed E-state index contributed by atoms with van der Waals surface area (Å²) in [5.41, 5.74) is 0.723. The molecule has 1 aliphatic heterocycles. The molecule has 1 saturated heterocycles. The first kappa shape index (κ1) is 16.9. The van der Waals surface area contributed by atoms with Crippen molar-refractivity contribution in [3.63, 3.8) is 0 Å². The van der Waals surface area contributed by atoms with E-state index >= 15 is 0 Å². The minimum atomic E-state index is -3.04. The number of hydrogen-bond donors (Lipinski definition) is 1. The second-order valence-corrected chi connectivity index (χ2v) is 8.99. The van der Waals surface area contributed by atoms with E-state index in [9.17, 15) is 12.8 Å². The normalized spacial score (nSPS) is 22.2. The van der Waals surface area contributed by atoms with Crippen LogP contribution in [0.4, 0.5) is 4.39 Å². The number of nitrogens with zero attached hydrogens (tertiary/aromatic N) is 1. The number of halogens is 1. The van der Waals surface area contributed by atoms with Crippen molar-refractivity contribution in [1.82, 2.24) is 9.62 Å². The van der Waals surface area contributed by atoms with E-state index in [0.29, 0.717) is 25.6 Å². The van der Waals surface area contributed by atoms with Crippen molar-refractivity contribution in [2.24, 2.45) is 0 Å². The van der Waals surface area contributed by atoms with Crippen LogP contribution in [0.3, 0.4) is 0 Å². The van der Waals surface area contributed by atoms with Crippen LogP contribution in [0.1, 0.15) is 38.2 Å². The number of piperidine rings is 1. The fourth-order valence-corrected chi connectivity index (χ4v) is 5.18. The summed E-state index contributed by atoms with van der Waals surface area (Å²) in [7, 11) is -3.04. The molecule has 0 bridgehead atoms. The molecular formula is C17H25FN2O2S. The van der Waals surface area contributed by atoms with Crippen LogP contribution in [0, 0.1) is 5.82 Å². The van der Waals surface area contributed by atoms with Crippen molar-refractivity contribution in [1.29, 1.82) is 0 Å². The first-order chi connectivity index (χ1) is 11.0. The van der Waals surface area contributed by atoms with Gasteiger partial charge in [-0.1, -0.05) is 18.2 Å². The minimum absolute atomic E-state index is 0.119. The van der Waals surface area contributed by atoms with Crippen molar-refractivity contribution >= 4 is 10.0 Å². The molecule has 3 rings (SSSR count). The molecule has 0 spiro atoms. The Balaban J connectivity index is 1.48. The topological polar surface area (TPSA) is 49.4 Å². The second-order valence-electron chi connectivity index (χ2n) is 6.78. The molecule has 128 valence electrons. The van der Waals surface area contributed by atoms with Crippen molar-refractivity contribution < 1.29 is 12.8 Å². The zero-order chi connectivity index (χ0) is 16.4. The summed E-state index contributed by atoms with van der Waals surface area (Å²) in [5, 5.41) is 3.40. The lowest BCUT2D eigenvalue weighted by atomic mass is 10.0. The molecule has 1 aromatic rings. The number of rotatable bonds is 6. The Morgan fingerprint density at radius 3 is 2.48 bits per heavy atom. The summed E-state index contributed by atoms with van der Waals surface area (Å²) in [4.78, 5) is 0. The van der Waals surface area contributed by atoms with E-state index in [4.69, 9.17) is 0 Å². The molecule has 0 unspecified atom stereocenters. The summed E-state index contributed by atoms with van der Waals surface area (Å²) in [5.74, 6) is -0.161. The van der Waals surface area contributed by atoms with E-state index in [1.165, 1.54) is 6.07 Å². The van der Waals surface area contributed by atoms with Crippen LogP contribution in [-0.4, -0.2) is 43.1 Å². The first-order valence-electron chi connectivity index (χ1n) is 8.45. The Morgan fingerprint density at radius 1 is 1.22 bits per heavy atom. The molecule has 0 amide bonds. The van der Waals surface area contributed by atoms with Gasteiger partial charge in [0, 0.05) is 25.2 Å². The van der Waals surface area contributed by atoms with Gasteiger partial charge in [-0.05, 0) is 50.7 Å². The Bertz CT molecular complexity index is 638. The highest BCUT2D eigenvalue weighted by molar-refractivity contribution is 7.90. The largest absolute Gasteiger partial charge is 0.311 e. The molecule has 1 aromatic carbocycles. The third-order valence-corrected chi connectivity index (χ3v) is 7.16. The summed E-state index contributed by atoms with van der Waals surface area (Å²) in [6.07, 6.45) is 3.94. The van der Waals surface area contributed by atoms with Crippen molar-refractivity contribution in [2.45, 2.75) is 56.4 Å². The van der Waals surface area contributed by atoms with Gasteiger partial charge in [0.05, 0.1) is 5.25 Å². The van der Waals surface area contributed by atoms with E-state index in [0.717, 1.165) is 31.2 Å². The molecule has 2 fully saturated rings. The standard InChI is InChI=1S/C17H25FN2O2S/c1-13(12-14-4-2-3-5-17(14)18)19-15-8-10-20(11-9-15)23(21,22)16-6-7-16/h2-5,13,15-16,19H,6-12H2,1H3/t13-/m1/s1. The Labute approximate surface area is 138 Å². The van der Waals surface area contributed by atoms with E-state index in [1.807, 2.05) is 12.1 Å². The predicted molar refractivity (Wildman–Crippen MR) is 89.2 cm³/mol. The van der Waals surface area contributed by atoms with E-state index in [-0.39, 0.29) is 17.1 Å². The highest BCUT2D eigenvalue weighted by Crippen LogP contribution is 2.32. The lowest BCUT2D eigenvalue weighted by Crippen LogP contribution is -2.48. The zero-order valence-corrected chi connectivity index (χ0v) is 14.4. The van der Waals surface area contributed by atoms with Gasteiger partial charge < -0.3 is 5.32 Å². The smallest absolute Gasteiger partial charge is 0.216 e. The lowest BCUT2D eigenvalue weighted by molar-refractivity contribution is 0.275. The average molecular weight is 340 g/mol. The Hall–Kier alpha value is -0.980. The minimum Gasteiger partial charge on any atom is -0.311 e. The predicted octanol–water partition coefficient (Wildman–Crippen LogP) is 2.30. The van der Waals surface area contributed by atoms with Crippen LogP contribution in [0.2, 0.25) is 0 Å². The fraction of sp³-hybridized carbons (Fsp3) is 0.647. The number of benzene rings is 1. The third-order valence-electron chi connectivity index (χ3n) is 4.76. The third kappa shape index (κ3) is 4.11. The average Bonchev–Trinajstić information content (AvgIpc) is 3.35. The Kier molecular flexibility index (Phi) is 5.04. The number of hydrogen-bond acceptors (Lipinski definition) is 3. The molecule has 1 atom stereocenters. The molecule has 0 radical (unpaired) electrons. The first-order valence-corrected chi connectivity index (χ1v) is 9.95.